The first-order chi connectivity index (χ1) is 13.7. The second-order valence-electron chi connectivity index (χ2n) is 6.16. The summed E-state index contributed by atoms with van der Waals surface area (Å²) in [5, 5.41) is 5.77. The molecule has 1 amide bonds. The van der Waals surface area contributed by atoms with Gasteiger partial charge in [-0.1, -0.05) is 33.6 Å². The summed E-state index contributed by atoms with van der Waals surface area (Å²) in [6, 6.07) is 12.3. The van der Waals surface area contributed by atoms with Gasteiger partial charge in [0.2, 0.25) is 15.7 Å². The van der Waals surface area contributed by atoms with E-state index < -0.39 is 33.7 Å². The molecule has 0 aliphatic rings. The second-order valence-corrected chi connectivity index (χ2v) is 8.97. The number of halogens is 2. The maximum Gasteiger partial charge on any atom is 0.267 e. The summed E-state index contributed by atoms with van der Waals surface area (Å²) < 4.78 is 40.5. The normalized spacial score (nSPS) is 11.3. The molecule has 3 rings (SSSR count). The highest BCUT2D eigenvalue weighted by Crippen LogP contribution is 2.20. The highest BCUT2D eigenvalue weighted by atomic mass is 79.9. The number of hydrogen-bond acceptors (Lipinski definition) is 5. The third-order valence-electron chi connectivity index (χ3n) is 3.95. The number of amides is 1. The van der Waals surface area contributed by atoms with Crippen molar-refractivity contribution in [1.82, 2.24) is 9.78 Å². The van der Waals surface area contributed by atoms with Crippen molar-refractivity contribution >= 4 is 37.4 Å². The van der Waals surface area contributed by atoms with Gasteiger partial charge in [0.15, 0.2) is 5.03 Å². The first-order valence-corrected chi connectivity index (χ1v) is 10.6. The maximum atomic E-state index is 13.9. The zero-order valence-electron chi connectivity index (χ0n) is 15.1. The summed E-state index contributed by atoms with van der Waals surface area (Å²) in [6.07, 6.45) is 0. The van der Waals surface area contributed by atoms with Crippen molar-refractivity contribution in [1.29, 1.82) is 0 Å². The molecule has 1 N–H and O–H groups in total. The Morgan fingerprint density at radius 2 is 1.83 bits per heavy atom. The van der Waals surface area contributed by atoms with Crippen LogP contribution in [0.15, 0.2) is 73.8 Å². The number of hydrogen-bond donors (Lipinski definition) is 1. The van der Waals surface area contributed by atoms with Gasteiger partial charge in [-0.3, -0.25) is 9.59 Å². The Kier molecular flexibility index (Phi) is 5.94. The van der Waals surface area contributed by atoms with E-state index in [1.54, 1.807) is 12.1 Å². The van der Waals surface area contributed by atoms with Crippen molar-refractivity contribution in [3.8, 4) is 0 Å². The molecule has 1 heterocycles. The molecule has 0 saturated carbocycles. The topological polar surface area (TPSA) is 98.1 Å². The van der Waals surface area contributed by atoms with Crippen LogP contribution in [0.4, 0.5) is 10.1 Å². The van der Waals surface area contributed by atoms with Crippen molar-refractivity contribution in [2.45, 2.75) is 23.4 Å². The van der Waals surface area contributed by atoms with Crippen LogP contribution in [0.2, 0.25) is 0 Å². The minimum Gasteiger partial charge on any atom is -0.322 e. The van der Waals surface area contributed by atoms with E-state index in [2.05, 4.69) is 26.3 Å². The molecule has 2 aromatic carbocycles. The standard InChI is InChI=1S/C19H15BrFN3O4S/c1-12-2-5-14(6-3-12)29(27,28)18-8-9-19(26)24(23-18)11-17(25)22-16-7-4-13(20)10-15(16)21/h2-10H,11H2,1H3,(H,22,25). The Hall–Kier alpha value is -2.85. The SMILES string of the molecule is Cc1ccc(S(=O)(=O)c2ccc(=O)n(CC(=O)Nc3ccc(Br)cc3F)n2)cc1. The third kappa shape index (κ3) is 4.77. The van der Waals surface area contributed by atoms with E-state index in [0.29, 0.717) is 9.15 Å². The summed E-state index contributed by atoms with van der Waals surface area (Å²) in [5.41, 5.74) is 0.146. The Morgan fingerprint density at radius 3 is 2.48 bits per heavy atom. The summed E-state index contributed by atoms with van der Waals surface area (Å²) >= 11 is 3.11. The van der Waals surface area contributed by atoms with Crippen LogP contribution in [0.3, 0.4) is 0 Å². The zero-order chi connectivity index (χ0) is 21.2. The van der Waals surface area contributed by atoms with Crippen molar-refractivity contribution in [3.05, 3.63) is 80.8 Å². The Bertz CT molecular complexity index is 1240. The van der Waals surface area contributed by atoms with Crippen LogP contribution < -0.4 is 10.9 Å². The molecule has 3 aromatic rings. The van der Waals surface area contributed by atoms with Gasteiger partial charge in [-0.15, -0.1) is 0 Å². The molecule has 0 spiro atoms. The lowest BCUT2D eigenvalue weighted by atomic mass is 10.2. The van der Waals surface area contributed by atoms with Gasteiger partial charge < -0.3 is 5.32 Å². The van der Waals surface area contributed by atoms with Gasteiger partial charge in [0.25, 0.3) is 5.56 Å². The average molecular weight is 480 g/mol. The molecular formula is C19H15BrFN3O4S. The number of carbonyl (C=O) groups excluding carboxylic acids is 1. The molecular weight excluding hydrogens is 465 g/mol. The van der Waals surface area contributed by atoms with Gasteiger partial charge >= 0.3 is 0 Å². The van der Waals surface area contributed by atoms with Gasteiger partial charge in [0.1, 0.15) is 12.4 Å². The van der Waals surface area contributed by atoms with Crippen LogP contribution in [-0.4, -0.2) is 24.1 Å². The average Bonchev–Trinajstić information content (AvgIpc) is 2.66. The number of aromatic nitrogens is 2. The predicted octanol–water partition coefficient (Wildman–Crippen LogP) is 2.92. The summed E-state index contributed by atoms with van der Waals surface area (Å²) in [5.74, 6) is -1.39. The van der Waals surface area contributed by atoms with E-state index in [1.165, 1.54) is 30.3 Å². The number of sulfone groups is 1. The molecule has 0 atom stereocenters. The van der Waals surface area contributed by atoms with Gasteiger partial charge in [0, 0.05) is 10.5 Å². The van der Waals surface area contributed by atoms with Crippen LogP contribution >= 0.6 is 15.9 Å². The molecule has 0 bridgehead atoms. The molecule has 0 saturated heterocycles. The molecule has 29 heavy (non-hydrogen) atoms. The van der Waals surface area contributed by atoms with E-state index >= 15 is 0 Å². The molecule has 0 aliphatic carbocycles. The van der Waals surface area contributed by atoms with Crippen LogP contribution in [0.1, 0.15) is 5.56 Å². The molecule has 10 heteroatoms. The lowest BCUT2D eigenvalue weighted by Crippen LogP contribution is -2.30. The van der Waals surface area contributed by atoms with E-state index in [9.17, 15) is 22.4 Å². The van der Waals surface area contributed by atoms with E-state index in [-0.39, 0.29) is 15.6 Å². The fraction of sp³-hybridized carbons (Fsp3) is 0.105. The van der Waals surface area contributed by atoms with Crippen molar-refractivity contribution in [2.24, 2.45) is 0 Å². The van der Waals surface area contributed by atoms with Crippen molar-refractivity contribution in [2.75, 3.05) is 5.32 Å². The predicted molar refractivity (Wildman–Crippen MR) is 108 cm³/mol. The first-order valence-electron chi connectivity index (χ1n) is 8.31. The molecule has 0 aliphatic heterocycles. The zero-order valence-corrected chi connectivity index (χ0v) is 17.5. The van der Waals surface area contributed by atoms with E-state index in [0.717, 1.165) is 17.7 Å². The second kappa shape index (κ2) is 8.26. The molecule has 150 valence electrons. The molecule has 0 radical (unpaired) electrons. The molecule has 7 nitrogen and oxygen atoms in total. The number of anilines is 1. The fourth-order valence-corrected chi connectivity index (χ4v) is 3.96. The lowest BCUT2D eigenvalue weighted by molar-refractivity contribution is -0.117. The van der Waals surface area contributed by atoms with Crippen LogP contribution in [0, 0.1) is 12.7 Å². The van der Waals surface area contributed by atoms with Crippen LogP contribution in [-0.2, 0) is 21.2 Å². The highest BCUT2D eigenvalue weighted by molar-refractivity contribution is 9.10. The molecule has 0 unspecified atom stereocenters. The van der Waals surface area contributed by atoms with Crippen LogP contribution in [0.25, 0.3) is 0 Å². The fourth-order valence-electron chi connectivity index (χ4n) is 2.44. The Labute approximate surface area is 174 Å². The minimum absolute atomic E-state index is 0.0159. The van der Waals surface area contributed by atoms with Gasteiger partial charge in [0.05, 0.1) is 10.6 Å². The van der Waals surface area contributed by atoms with E-state index in [1.807, 2.05) is 6.92 Å². The number of benzene rings is 2. The number of aryl methyl sites for hydroxylation is 1. The minimum atomic E-state index is -3.97. The number of nitrogens with one attached hydrogen (secondary N) is 1. The quantitative estimate of drug-likeness (QED) is 0.606. The van der Waals surface area contributed by atoms with Crippen molar-refractivity contribution < 1.29 is 17.6 Å². The third-order valence-corrected chi connectivity index (χ3v) is 6.10. The largest absolute Gasteiger partial charge is 0.322 e. The summed E-state index contributed by atoms with van der Waals surface area (Å²) in [6.45, 7) is 1.24. The maximum absolute atomic E-state index is 13.9. The first kappa shape index (κ1) is 20.9. The number of rotatable bonds is 5. The Balaban J connectivity index is 1.86. The lowest BCUT2D eigenvalue weighted by Gasteiger charge is -2.09. The smallest absolute Gasteiger partial charge is 0.267 e. The van der Waals surface area contributed by atoms with Crippen LogP contribution in [0.5, 0.6) is 0 Å². The summed E-state index contributed by atoms with van der Waals surface area (Å²) in [7, 11) is -3.97. The molecule has 0 fully saturated rings. The monoisotopic (exact) mass is 479 g/mol. The summed E-state index contributed by atoms with van der Waals surface area (Å²) in [4.78, 5) is 24.2. The highest BCUT2D eigenvalue weighted by Gasteiger charge is 2.21. The van der Waals surface area contributed by atoms with E-state index in [4.69, 9.17) is 0 Å². The van der Waals surface area contributed by atoms with Gasteiger partial charge in [-0.05, 0) is 43.3 Å². The van der Waals surface area contributed by atoms with Gasteiger partial charge in [-0.2, -0.15) is 5.10 Å². The number of carbonyl (C=O) groups is 1. The Morgan fingerprint density at radius 1 is 1.14 bits per heavy atom. The van der Waals surface area contributed by atoms with Gasteiger partial charge in [-0.25, -0.2) is 17.5 Å². The molecule has 1 aromatic heterocycles. The van der Waals surface area contributed by atoms with Crippen molar-refractivity contribution in [3.63, 3.8) is 0 Å². The number of nitrogens with zero attached hydrogens (tertiary/aromatic N) is 2.